The maximum atomic E-state index is 12.8. The molecule has 2 amide bonds. The van der Waals surface area contributed by atoms with Gasteiger partial charge in [0.15, 0.2) is 5.82 Å². The zero-order valence-corrected chi connectivity index (χ0v) is 18.8. The number of benzene rings is 1. The van der Waals surface area contributed by atoms with Gasteiger partial charge in [-0.05, 0) is 30.0 Å². The second-order valence-corrected chi connectivity index (χ2v) is 8.45. The Hall–Kier alpha value is -3.20. The van der Waals surface area contributed by atoms with Crippen LogP contribution in [-0.4, -0.2) is 62.2 Å². The molecular formula is C23H30N6O3. The molecule has 4 rings (SSSR count). The molecule has 1 aliphatic heterocycles. The van der Waals surface area contributed by atoms with Gasteiger partial charge in [0.25, 0.3) is 0 Å². The molecule has 9 heteroatoms. The molecule has 0 saturated heterocycles. The van der Waals surface area contributed by atoms with E-state index in [9.17, 15) is 9.59 Å². The minimum Gasteiger partial charge on any atom is -0.383 e. The number of carbonyl (C=O) groups excluding carboxylic acids is 2. The number of hydrogen-bond acceptors (Lipinski definition) is 7. The van der Waals surface area contributed by atoms with Crippen molar-refractivity contribution < 1.29 is 14.3 Å². The van der Waals surface area contributed by atoms with Gasteiger partial charge in [-0.15, -0.1) is 0 Å². The van der Waals surface area contributed by atoms with E-state index >= 15 is 0 Å². The Morgan fingerprint density at radius 1 is 1.22 bits per heavy atom. The van der Waals surface area contributed by atoms with Gasteiger partial charge in [0.2, 0.25) is 17.8 Å². The number of likely N-dealkylation sites (N-methyl/N-ethyl adjacent to an activating group) is 2. The third kappa shape index (κ3) is 4.99. The van der Waals surface area contributed by atoms with E-state index in [2.05, 4.69) is 15.6 Å². The summed E-state index contributed by atoms with van der Waals surface area (Å²) in [5.74, 6) is 1.91. The van der Waals surface area contributed by atoms with Gasteiger partial charge in [-0.2, -0.15) is 4.98 Å². The van der Waals surface area contributed by atoms with Crippen molar-refractivity contribution >= 4 is 35.0 Å². The number of carbonyl (C=O) groups is 2. The fraction of sp³-hybridized carbons (Fsp3) is 0.478. The van der Waals surface area contributed by atoms with Crippen LogP contribution in [0.15, 0.2) is 30.5 Å². The minimum absolute atomic E-state index is 0.0387. The molecule has 2 heterocycles. The van der Waals surface area contributed by atoms with E-state index in [1.807, 2.05) is 36.2 Å². The highest BCUT2D eigenvalue weighted by molar-refractivity contribution is 6.04. The maximum absolute atomic E-state index is 12.8. The van der Waals surface area contributed by atoms with E-state index in [0.717, 1.165) is 23.5 Å². The number of ether oxygens (including phenoxy) is 1. The monoisotopic (exact) mass is 438 g/mol. The molecule has 0 bridgehead atoms. The summed E-state index contributed by atoms with van der Waals surface area (Å²) in [6.07, 6.45) is 5.27. The number of methoxy groups -OCH3 is 1. The Labute approximate surface area is 188 Å². The second-order valence-electron chi connectivity index (χ2n) is 8.45. The predicted molar refractivity (Wildman–Crippen MR) is 123 cm³/mol. The summed E-state index contributed by atoms with van der Waals surface area (Å²) in [7, 11) is 5.32. The molecule has 2 N–H and O–H groups in total. The molecular weight excluding hydrogens is 408 g/mol. The summed E-state index contributed by atoms with van der Waals surface area (Å²) in [5.41, 5.74) is 2.45. The number of aromatic nitrogens is 2. The molecule has 1 aliphatic carbocycles. The Balaban J connectivity index is 1.42. The van der Waals surface area contributed by atoms with Crippen molar-refractivity contribution in [2.45, 2.75) is 31.7 Å². The number of anilines is 4. The Kier molecular flexibility index (Phi) is 6.55. The van der Waals surface area contributed by atoms with E-state index in [0.29, 0.717) is 37.1 Å². The third-order valence-electron chi connectivity index (χ3n) is 5.99. The molecule has 1 aromatic carbocycles. The largest absolute Gasteiger partial charge is 0.383 e. The predicted octanol–water partition coefficient (Wildman–Crippen LogP) is 2.11. The van der Waals surface area contributed by atoms with Crippen LogP contribution in [0.3, 0.4) is 0 Å². The molecule has 0 spiro atoms. The number of fused-ring (bicyclic) bond motifs is 1. The number of rotatable bonds is 9. The van der Waals surface area contributed by atoms with E-state index in [1.54, 1.807) is 25.3 Å². The van der Waals surface area contributed by atoms with Gasteiger partial charge < -0.3 is 25.2 Å². The molecule has 2 aliphatic rings. The van der Waals surface area contributed by atoms with Gasteiger partial charge in [-0.3, -0.25) is 9.59 Å². The van der Waals surface area contributed by atoms with E-state index in [4.69, 9.17) is 9.72 Å². The first-order chi connectivity index (χ1) is 15.5. The van der Waals surface area contributed by atoms with Crippen LogP contribution in [0.4, 0.5) is 23.1 Å². The number of hydrogen-bond donors (Lipinski definition) is 2. The van der Waals surface area contributed by atoms with Crippen molar-refractivity contribution in [3.63, 3.8) is 0 Å². The smallest absolute Gasteiger partial charge is 0.249 e. The topological polar surface area (TPSA) is 99.7 Å². The van der Waals surface area contributed by atoms with Crippen LogP contribution in [-0.2, 0) is 20.7 Å². The van der Waals surface area contributed by atoms with Gasteiger partial charge in [0.1, 0.15) is 11.7 Å². The average molecular weight is 439 g/mol. The number of nitrogens with zero attached hydrogens (tertiary/aromatic N) is 4. The van der Waals surface area contributed by atoms with Crippen molar-refractivity contribution in [3.05, 3.63) is 36.0 Å². The molecule has 9 nitrogen and oxygen atoms in total. The van der Waals surface area contributed by atoms with Crippen molar-refractivity contribution in [2.24, 2.45) is 5.92 Å². The van der Waals surface area contributed by atoms with Crippen LogP contribution in [0.25, 0.3) is 0 Å². The summed E-state index contributed by atoms with van der Waals surface area (Å²) in [4.78, 5) is 37.5. The molecule has 1 saturated carbocycles. The molecule has 0 radical (unpaired) electrons. The van der Waals surface area contributed by atoms with Gasteiger partial charge in [-0.25, -0.2) is 4.98 Å². The van der Waals surface area contributed by atoms with Gasteiger partial charge >= 0.3 is 0 Å². The Bertz CT molecular complexity index is 976. The van der Waals surface area contributed by atoms with Crippen LogP contribution in [0.1, 0.15) is 24.8 Å². The molecule has 1 atom stereocenters. The highest BCUT2D eigenvalue weighted by Gasteiger charge is 2.39. The third-order valence-corrected chi connectivity index (χ3v) is 5.99. The first kappa shape index (κ1) is 22.0. The highest BCUT2D eigenvalue weighted by Crippen LogP contribution is 2.40. The SMILES string of the molecule is COCCNC(=O)Cc1ccc(Nc2ncc3c(n2)N(C)C(CC2CC2)C(=O)N3C)cc1. The molecule has 2 aromatic rings. The van der Waals surface area contributed by atoms with E-state index in [1.165, 1.54) is 12.8 Å². The van der Waals surface area contributed by atoms with Crippen LogP contribution in [0.2, 0.25) is 0 Å². The quantitative estimate of drug-likeness (QED) is 0.579. The lowest BCUT2D eigenvalue weighted by atomic mass is 10.0. The lowest BCUT2D eigenvalue weighted by molar-refractivity contribution is -0.121. The Morgan fingerprint density at radius 2 is 1.97 bits per heavy atom. The van der Waals surface area contributed by atoms with Crippen LogP contribution >= 0.6 is 0 Å². The number of nitrogens with one attached hydrogen (secondary N) is 2. The van der Waals surface area contributed by atoms with Gasteiger partial charge in [0.05, 0.1) is 19.2 Å². The Morgan fingerprint density at radius 3 is 2.66 bits per heavy atom. The zero-order valence-electron chi connectivity index (χ0n) is 18.8. The second kappa shape index (κ2) is 9.52. The van der Waals surface area contributed by atoms with Crippen LogP contribution < -0.4 is 20.4 Å². The first-order valence-corrected chi connectivity index (χ1v) is 11.0. The minimum atomic E-state index is -0.183. The van der Waals surface area contributed by atoms with Crippen molar-refractivity contribution in [1.29, 1.82) is 0 Å². The van der Waals surface area contributed by atoms with Crippen LogP contribution in [0.5, 0.6) is 0 Å². The summed E-state index contributed by atoms with van der Waals surface area (Å²) in [6.45, 7) is 0.997. The van der Waals surface area contributed by atoms with Gasteiger partial charge in [-0.1, -0.05) is 25.0 Å². The molecule has 170 valence electrons. The zero-order chi connectivity index (χ0) is 22.7. The summed E-state index contributed by atoms with van der Waals surface area (Å²) in [6, 6.07) is 7.42. The van der Waals surface area contributed by atoms with E-state index < -0.39 is 0 Å². The fourth-order valence-corrected chi connectivity index (χ4v) is 3.88. The standard InChI is InChI=1S/C23H30N6O3/c1-28-18(12-15-4-5-15)22(31)29(2)19-14-25-23(27-21(19)28)26-17-8-6-16(7-9-17)13-20(30)24-10-11-32-3/h6-9,14-15,18H,4-5,10-13H2,1-3H3,(H,24,30)(H,25,26,27). The first-order valence-electron chi connectivity index (χ1n) is 11.0. The van der Waals surface area contributed by atoms with Crippen molar-refractivity contribution in [2.75, 3.05) is 49.5 Å². The van der Waals surface area contributed by atoms with Gasteiger partial charge in [0, 0.05) is 33.4 Å². The summed E-state index contributed by atoms with van der Waals surface area (Å²) in [5, 5.41) is 6.03. The average Bonchev–Trinajstić information content (AvgIpc) is 3.61. The fourth-order valence-electron chi connectivity index (χ4n) is 3.88. The normalized spacial score (nSPS) is 17.8. The molecule has 1 fully saturated rings. The lowest BCUT2D eigenvalue weighted by Gasteiger charge is -2.38. The molecule has 1 aromatic heterocycles. The van der Waals surface area contributed by atoms with Crippen molar-refractivity contribution in [1.82, 2.24) is 15.3 Å². The highest BCUT2D eigenvalue weighted by atomic mass is 16.5. The molecule has 1 unspecified atom stereocenters. The summed E-state index contributed by atoms with van der Waals surface area (Å²) < 4.78 is 4.94. The number of amides is 2. The summed E-state index contributed by atoms with van der Waals surface area (Å²) >= 11 is 0. The van der Waals surface area contributed by atoms with Crippen LogP contribution in [0, 0.1) is 5.92 Å². The lowest BCUT2D eigenvalue weighted by Crippen LogP contribution is -2.51. The van der Waals surface area contributed by atoms with E-state index in [-0.39, 0.29) is 17.9 Å². The maximum Gasteiger partial charge on any atom is 0.249 e. The van der Waals surface area contributed by atoms with Crippen molar-refractivity contribution in [3.8, 4) is 0 Å². The molecule has 32 heavy (non-hydrogen) atoms.